The van der Waals surface area contributed by atoms with E-state index in [1.807, 2.05) is 0 Å². The van der Waals surface area contributed by atoms with Gasteiger partial charge in [0.2, 0.25) is 0 Å². The molecule has 1 aromatic heterocycles. The molecule has 7 nitrogen and oxygen atoms in total. The number of aromatic amines is 1. The fourth-order valence-corrected chi connectivity index (χ4v) is 2.63. The van der Waals surface area contributed by atoms with Crippen LogP contribution in [0.4, 0.5) is 10.5 Å². The van der Waals surface area contributed by atoms with Crippen molar-refractivity contribution in [1.82, 2.24) is 25.3 Å². The maximum Gasteiger partial charge on any atom is 0.319 e. The predicted octanol–water partition coefficient (Wildman–Crippen LogP) is 0.803. The maximum absolute atomic E-state index is 11.9. The monoisotopic (exact) mass is 294 g/mol. The van der Waals surface area contributed by atoms with Gasteiger partial charge in [0.05, 0.1) is 11.9 Å². The summed E-state index contributed by atoms with van der Waals surface area (Å²) in [5, 5.41) is 12.2. The van der Waals surface area contributed by atoms with E-state index in [1.165, 1.54) is 0 Å². The fraction of sp³-hybridized carbons (Fsp3) is 0.714. The number of aromatic nitrogens is 2. The van der Waals surface area contributed by atoms with Gasteiger partial charge < -0.3 is 15.5 Å². The number of urea groups is 1. The third kappa shape index (κ3) is 4.71. The van der Waals surface area contributed by atoms with E-state index in [0.717, 1.165) is 26.2 Å². The van der Waals surface area contributed by atoms with Gasteiger partial charge in [-0.15, -0.1) is 0 Å². The standard InChI is InChI=1S/C14H26N6O/c1-11(2)13(20-6-4-19(3)5-7-20)10-15-14(21)18-12-8-16-17-9-12/h8-9,11,13H,4-7,10H2,1-3H3,(H,16,17)(H2,15,18,21). The topological polar surface area (TPSA) is 76.3 Å². The van der Waals surface area contributed by atoms with Gasteiger partial charge in [0.15, 0.2) is 0 Å². The minimum atomic E-state index is -0.184. The van der Waals surface area contributed by atoms with Gasteiger partial charge in [-0.2, -0.15) is 5.10 Å². The molecule has 7 heteroatoms. The van der Waals surface area contributed by atoms with Crippen molar-refractivity contribution in [2.24, 2.45) is 5.92 Å². The van der Waals surface area contributed by atoms with Crippen molar-refractivity contribution in [2.75, 3.05) is 45.1 Å². The van der Waals surface area contributed by atoms with Gasteiger partial charge in [-0.25, -0.2) is 4.79 Å². The lowest BCUT2D eigenvalue weighted by Crippen LogP contribution is -2.54. The Labute approximate surface area is 126 Å². The summed E-state index contributed by atoms with van der Waals surface area (Å²) in [5.74, 6) is 0.502. The van der Waals surface area contributed by atoms with Crippen molar-refractivity contribution in [3.05, 3.63) is 12.4 Å². The van der Waals surface area contributed by atoms with Gasteiger partial charge >= 0.3 is 6.03 Å². The van der Waals surface area contributed by atoms with Crippen LogP contribution in [-0.4, -0.2) is 71.8 Å². The van der Waals surface area contributed by atoms with Gasteiger partial charge in [-0.05, 0) is 13.0 Å². The van der Waals surface area contributed by atoms with E-state index >= 15 is 0 Å². The second kappa shape index (κ2) is 7.42. The molecule has 1 saturated heterocycles. The summed E-state index contributed by atoms with van der Waals surface area (Å²) in [6, 6.07) is 0.185. The van der Waals surface area contributed by atoms with Crippen LogP contribution in [0.1, 0.15) is 13.8 Å². The normalized spacial score (nSPS) is 18.7. The number of likely N-dealkylation sites (N-methyl/N-ethyl adjacent to an activating group) is 1. The molecule has 118 valence electrons. The molecule has 0 saturated carbocycles. The molecule has 21 heavy (non-hydrogen) atoms. The summed E-state index contributed by atoms with van der Waals surface area (Å²) in [5.41, 5.74) is 0.674. The van der Waals surface area contributed by atoms with Gasteiger partial charge in [-0.1, -0.05) is 13.8 Å². The Hall–Kier alpha value is -1.60. The Morgan fingerprint density at radius 1 is 1.38 bits per heavy atom. The summed E-state index contributed by atoms with van der Waals surface area (Å²) >= 11 is 0. The average molecular weight is 294 g/mol. The molecule has 0 aromatic carbocycles. The molecule has 1 fully saturated rings. The summed E-state index contributed by atoms with van der Waals surface area (Å²) in [4.78, 5) is 16.7. The number of rotatable bonds is 5. The summed E-state index contributed by atoms with van der Waals surface area (Å²) in [6.45, 7) is 9.37. The summed E-state index contributed by atoms with van der Waals surface area (Å²) < 4.78 is 0. The third-order valence-corrected chi connectivity index (χ3v) is 4.00. The summed E-state index contributed by atoms with van der Waals surface area (Å²) in [7, 11) is 2.15. The minimum Gasteiger partial charge on any atom is -0.336 e. The number of nitrogens with zero attached hydrogens (tertiary/aromatic N) is 3. The highest BCUT2D eigenvalue weighted by molar-refractivity contribution is 5.88. The second-order valence-electron chi connectivity index (χ2n) is 5.97. The molecule has 1 atom stereocenters. The molecule has 0 aliphatic carbocycles. The highest BCUT2D eigenvalue weighted by Gasteiger charge is 2.25. The smallest absolute Gasteiger partial charge is 0.319 e. The van der Waals surface area contributed by atoms with Crippen LogP contribution in [0.25, 0.3) is 0 Å². The highest BCUT2D eigenvalue weighted by atomic mass is 16.2. The van der Waals surface area contributed by atoms with Crippen molar-refractivity contribution in [3.63, 3.8) is 0 Å². The first-order valence-corrected chi connectivity index (χ1v) is 7.52. The minimum absolute atomic E-state index is 0.184. The van der Waals surface area contributed by atoms with Crippen LogP contribution in [-0.2, 0) is 0 Å². The van der Waals surface area contributed by atoms with E-state index in [2.05, 4.69) is 51.5 Å². The van der Waals surface area contributed by atoms with Crippen LogP contribution in [0.15, 0.2) is 12.4 Å². The number of piperazine rings is 1. The zero-order valence-corrected chi connectivity index (χ0v) is 13.1. The van der Waals surface area contributed by atoms with Gasteiger partial charge in [0.25, 0.3) is 0 Å². The second-order valence-corrected chi connectivity index (χ2v) is 5.97. The van der Waals surface area contributed by atoms with Gasteiger partial charge in [0.1, 0.15) is 0 Å². The summed E-state index contributed by atoms with van der Waals surface area (Å²) in [6.07, 6.45) is 3.24. The first kappa shape index (κ1) is 15.8. The molecule has 0 spiro atoms. The number of carbonyl (C=O) groups excluding carboxylic acids is 1. The quantitative estimate of drug-likeness (QED) is 0.751. The molecule has 0 radical (unpaired) electrons. The van der Waals surface area contributed by atoms with E-state index < -0.39 is 0 Å². The Balaban J connectivity index is 1.81. The molecule has 1 aromatic rings. The van der Waals surface area contributed by atoms with E-state index in [4.69, 9.17) is 0 Å². The lowest BCUT2D eigenvalue weighted by molar-refractivity contribution is 0.0890. The number of nitrogens with one attached hydrogen (secondary N) is 3. The molecular formula is C14H26N6O. The van der Waals surface area contributed by atoms with Crippen LogP contribution in [0, 0.1) is 5.92 Å². The Morgan fingerprint density at radius 2 is 2.10 bits per heavy atom. The molecule has 2 heterocycles. The predicted molar refractivity (Wildman–Crippen MR) is 83.3 cm³/mol. The molecule has 1 unspecified atom stereocenters. The van der Waals surface area contributed by atoms with Crippen molar-refractivity contribution < 1.29 is 4.79 Å². The van der Waals surface area contributed by atoms with Crippen LogP contribution in [0.2, 0.25) is 0 Å². The SMILES string of the molecule is CC(C)C(CNC(=O)Nc1cn[nH]c1)N1CCN(C)CC1. The number of amides is 2. The van der Waals surface area contributed by atoms with E-state index in [9.17, 15) is 4.79 Å². The van der Waals surface area contributed by atoms with Crippen molar-refractivity contribution in [3.8, 4) is 0 Å². The third-order valence-electron chi connectivity index (χ3n) is 4.00. The largest absolute Gasteiger partial charge is 0.336 e. The maximum atomic E-state index is 11.9. The molecule has 3 N–H and O–H groups in total. The average Bonchev–Trinajstić information content (AvgIpc) is 2.93. The Morgan fingerprint density at radius 3 is 2.67 bits per heavy atom. The number of hydrogen-bond donors (Lipinski definition) is 3. The van der Waals surface area contributed by atoms with Crippen molar-refractivity contribution >= 4 is 11.7 Å². The molecular weight excluding hydrogens is 268 g/mol. The first-order valence-electron chi connectivity index (χ1n) is 7.52. The molecule has 0 bridgehead atoms. The molecule has 1 aliphatic heterocycles. The van der Waals surface area contributed by atoms with Gasteiger partial charge in [-0.3, -0.25) is 10.00 Å². The fourth-order valence-electron chi connectivity index (χ4n) is 2.63. The molecule has 2 amide bonds. The van der Waals surface area contributed by atoms with Crippen LogP contribution in [0.5, 0.6) is 0 Å². The van der Waals surface area contributed by atoms with E-state index in [1.54, 1.807) is 12.4 Å². The number of anilines is 1. The zero-order chi connectivity index (χ0) is 15.2. The highest BCUT2D eigenvalue weighted by Crippen LogP contribution is 2.13. The molecule has 2 rings (SSSR count). The molecule has 1 aliphatic rings. The zero-order valence-electron chi connectivity index (χ0n) is 13.1. The van der Waals surface area contributed by atoms with Crippen LogP contribution in [0.3, 0.4) is 0 Å². The Kier molecular flexibility index (Phi) is 5.58. The lowest BCUT2D eigenvalue weighted by atomic mass is 10.0. The lowest BCUT2D eigenvalue weighted by Gasteiger charge is -2.39. The van der Waals surface area contributed by atoms with E-state index in [0.29, 0.717) is 24.2 Å². The number of hydrogen-bond acceptors (Lipinski definition) is 4. The van der Waals surface area contributed by atoms with E-state index in [-0.39, 0.29) is 6.03 Å². The first-order chi connectivity index (χ1) is 10.1. The van der Waals surface area contributed by atoms with Crippen molar-refractivity contribution in [1.29, 1.82) is 0 Å². The number of H-pyrrole nitrogens is 1. The van der Waals surface area contributed by atoms with Gasteiger partial charge in [0, 0.05) is 45.0 Å². The van der Waals surface area contributed by atoms with Crippen molar-refractivity contribution in [2.45, 2.75) is 19.9 Å². The number of carbonyl (C=O) groups is 1. The Bertz CT molecular complexity index is 425. The van der Waals surface area contributed by atoms with Crippen LogP contribution < -0.4 is 10.6 Å². The van der Waals surface area contributed by atoms with Crippen LogP contribution >= 0.6 is 0 Å².